The fraction of sp³-hybridized carbons (Fsp3) is 0.455. The molecule has 2 nitrogen and oxygen atoms in total. The third-order valence-corrected chi connectivity index (χ3v) is 4.41. The second-order valence-corrected chi connectivity index (χ2v) is 5.78. The molecule has 0 bridgehead atoms. The highest BCUT2D eigenvalue weighted by Gasteiger charge is 2.19. The highest BCUT2D eigenvalue weighted by molar-refractivity contribution is 7.84. The van der Waals surface area contributed by atoms with Crippen LogP contribution in [-0.4, -0.2) is 23.1 Å². The molecule has 1 aromatic carbocycles. The van der Waals surface area contributed by atoms with E-state index in [0.717, 1.165) is 29.4 Å². The molecule has 1 atom stereocenters. The zero-order valence-corrected chi connectivity index (χ0v) is 9.98. The standard InChI is InChI=1S/C11H14ClNOS/c12-11-4-2-1-3-10(11)8-15(14)7-9-5-13-6-9/h1-4,9,13H,5-8H2. The van der Waals surface area contributed by atoms with E-state index in [1.807, 2.05) is 24.3 Å². The van der Waals surface area contributed by atoms with Crippen molar-refractivity contribution in [1.82, 2.24) is 5.32 Å². The third kappa shape index (κ3) is 3.03. The van der Waals surface area contributed by atoms with Gasteiger partial charge < -0.3 is 5.32 Å². The maximum atomic E-state index is 11.8. The van der Waals surface area contributed by atoms with Gasteiger partial charge in [-0.3, -0.25) is 4.21 Å². The molecule has 15 heavy (non-hydrogen) atoms. The van der Waals surface area contributed by atoms with E-state index >= 15 is 0 Å². The minimum atomic E-state index is -0.784. The number of rotatable bonds is 4. The topological polar surface area (TPSA) is 29.1 Å². The van der Waals surface area contributed by atoms with Crippen molar-refractivity contribution in [3.63, 3.8) is 0 Å². The maximum absolute atomic E-state index is 11.8. The Morgan fingerprint density at radius 3 is 2.73 bits per heavy atom. The molecule has 82 valence electrons. The molecule has 4 heteroatoms. The fourth-order valence-electron chi connectivity index (χ4n) is 1.58. The second-order valence-electron chi connectivity index (χ2n) is 3.87. The van der Waals surface area contributed by atoms with Crippen LogP contribution in [0.15, 0.2) is 24.3 Å². The number of nitrogens with one attached hydrogen (secondary N) is 1. The third-order valence-electron chi connectivity index (χ3n) is 2.56. The molecule has 0 saturated carbocycles. The van der Waals surface area contributed by atoms with Crippen LogP contribution in [0.3, 0.4) is 0 Å². The van der Waals surface area contributed by atoms with Gasteiger partial charge in [-0.05, 0) is 17.5 Å². The molecule has 1 aromatic rings. The van der Waals surface area contributed by atoms with Gasteiger partial charge >= 0.3 is 0 Å². The van der Waals surface area contributed by atoms with Crippen molar-refractivity contribution in [1.29, 1.82) is 0 Å². The molecule has 1 fully saturated rings. The average molecular weight is 244 g/mol. The number of hydrogen-bond donors (Lipinski definition) is 1. The van der Waals surface area contributed by atoms with E-state index in [0.29, 0.717) is 11.7 Å². The highest BCUT2D eigenvalue weighted by Crippen LogP contribution is 2.17. The van der Waals surface area contributed by atoms with Crippen LogP contribution in [0, 0.1) is 5.92 Å². The molecular formula is C11H14ClNOS. The summed E-state index contributed by atoms with van der Waals surface area (Å²) in [4.78, 5) is 0. The smallest absolute Gasteiger partial charge is 0.0500 e. The predicted molar refractivity (Wildman–Crippen MR) is 64.5 cm³/mol. The van der Waals surface area contributed by atoms with Crippen LogP contribution in [0.5, 0.6) is 0 Å². The zero-order chi connectivity index (χ0) is 10.7. The van der Waals surface area contributed by atoms with E-state index in [-0.39, 0.29) is 0 Å². The summed E-state index contributed by atoms with van der Waals surface area (Å²) in [5, 5.41) is 3.90. The van der Waals surface area contributed by atoms with Crippen molar-refractivity contribution in [2.24, 2.45) is 5.92 Å². The Balaban J connectivity index is 1.90. The summed E-state index contributed by atoms with van der Waals surface area (Å²) in [5.74, 6) is 1.96. The fourth-order valence-corrected chi connectivity index (χ4v) is 3.34. The Hall–Kier alpha value is -0.380. The maximum Gasteiger partial charge on any atom is 0.0500 e. The zero-order valence-electron chi connectivity index (χ0n) is 8.41. The lowest BCUT2D eigenvalue weighted by Gasteiger charge is -2.26. The Morgan fingerprint density at radius 1 is 1.40 bits per heavy atom. The van der Waals surface area contributed by atoms with Gasteiger partial charge in [0.25, 0.3) is 0 Å². The van der Waals surface area contributed by atoms with Gasteiger partial charge in [-0.25, -0.2) is 0 Å². The monoisotopic (exact) mass is 243 g/mol. The minimum Gasteiger partial charge on any atom is -0.316 e. The first-order chi connectivity index (χ1) is 7.25. The molecule has 1 aliphatic heterocycles. The van der Waals surface area contributed by atoms with E-state index in [2.05, 4.69) is 5.32 Å². The van der Waals surface area contributed by atoms with Gasteiger partial charge in [0, 0.05) is 34.7 Å². The molecule has 1 heterocycles. The Labute approximate surface area is 97.5 Å². The first-order valence-electron chi connectivity index (χ1n) is 5.05. The highest BCUT2D eigenvalue weighted by atomic mass is 35.5. The van der Waals surface area contributed by atoms with E-state index in [4.69, 9.17) is 11.6 Å². The molecule has 0 radical (unpaired) electrons. The Bertz CT molecular complexity index is 365. The molecular weight excluding hydrogens is 230 g/mol. The molecule has 0 aliphatic carbocycles. The molecule has 1 aliphatic rings. The van der Waals surface area contributed by atoms with Crippen molar-refractivity contribution < 1.29 is 4.21 Å². The van der Waals surface area contributed by atoms with Crippen LogP contribution in [0.4, 0.5) is 0 Å². The lowest BCUT2D eigenvalue weighted by molar-refractivity contribution is 0.382. The van der Waals surface area contributed by atoms with Gasteiger partial charge in [-0.1, -0.05) is 29.8 Å². The summed E-state index contributed by atoms with van der Waals surface area (Å²) in [6.45, 7) is 2.02. The van der Waals surface area contributed by atoms with Crippen LogP contribution in [0.2, 0.25) is 5.02 Å². The summed E-state index contributed by atoms with van der Waals surface area (Å²) in [5.41, 5.74) is 0.991. The first-order valence-corrected chi connectivity index (χ1v) is 6.91. The number of hydrogen-bond acceptors (Lipinski definition) is 2. The summed E-state index contributed by atoms with van der Waals surface area (Å²) < 4.78 is 11.8. The summed E-state index contributed by atoms with van der Waals surface area (Å²) in [6.07, 6.45) is 0. The van der Waals surface area contributed by atoms with Gasteiger partial charge in [0.2, 0.25) is 0 Å². The normalized spacial score (nSPS) is 18.5. The molecule has 0 spiro atoms. The van der Waals surface area contributed by atoms with Crippen LogP contribution in [0.1, 0.15) is 5.56 Å². The number of benzene rings is 1. The van der Waals surface area contributed by atoms with E-state index in [9.17, 15) is 4.21 Å². The van der Waals surface area contributed by atoms with E-state index < -0.39 is 10.8 Å². The van der Waals surface area contributed by atoms with Gasteiger partial charge in [0.1, 0.15) is 0 Å². The predicted octanol–water partition coefficient (Wildman–Crippen LogP) is 1.81. The molecule has 1 unspecified atom stereocenters. The minimum absolute atomic E-state index is 0.580. The van der Waals surface area contributed by atoms with Crippen LogP contribution in [0.25, 0.3) is 0 Å². The lowest BCUT2D eigenvalue weighted by atomic mass is 10.1. The van der Waals surface area contributed by atoms with E-state index in [1.165, 1.54) is 0 Å². The molecule has 2 rings (SSSR count). The Kier molecular flexibility index (Phi) is 3.78. The van der Waals surface area contributed by atoms with Crippen LogP contribution in [-0.2, 0) is 16.6 Å². The number of halogens is 1. The average Bonchev–Trinajstić information content (AvgIpc) is 2.16. The second kappa shape index (κ2) is 5.10. The summed E-state index contributed by atoms with van der Waals surface area (Å²) in [7, 11) is -0.784. The first kappa shape index (κ1) is 11.1. The van der Waals surface area contributed by atoms with Gasteiger partial charge in [-0.15, -0.1) is 0 Å². The largest absolute Gasteiger partial charge is 0.316 e. The van der Waals surface area contributed by atoms with Crippen molar-refractivity contribution in [3.8, 4) is 0 Å². The summed E-state index contributed by atoms with van der Waals surface area (Å²) >= 11 is 6.01. The van der Waals surface area contributed by atoms with Crippen LogP contribution >= 0.6 is 11.6 Å². The van der Waals surface area contributed by atoms with E-state index in [1.54, 1.807) is 0 Å². The van der Waals surface area contributed by atoms with Crippen molar-refractivity contribution in [2.45, 2.75) is 5.75 Å². The molecule has 0 aromatic heterocycles. The van der Waals surface area contributed by atoms with Crippen LogP contribution < -0.4 is 5.32 Å². The van der Waals surface area contributed by atoms with Gasteiger partial charge in [-0.2, -0.15) is 0 Å². The van der Waals surface area contributed by atoms with Gasteiger partial charge in [0.15, 0.2) is 0 Å². The molecule has 1 N–H and O–H groups in total. The lowest BCUT2D eigenvalue weighted by Crippen LogP contribution is -2.44. The molecule has 1 saturated heterocycles. The van der Waals surface area contributed by atoms with Gasteiger partial charge in [0.05, 0.1) is 5.75 Å². The Morgan fingerprint density at radius 2 is 2.13 bits per heavy atom. The summed E-state index contributed by atoms with van der Waals surface area (Å²) in [6, 6.07) is 7.62. The van der Waals surface area contributed by atoms with Crippen molar-refractivity contribution in [3.05, 3.63) is 34.9 Å². The van der Waals surface area contributed by atoms with Crippen molar-refractivity contribution >= 4 is 22.4 Å². The SMILES string of the molecule is O=S(Cc1ccccc1Cl)CC1CNC1. The van der Waals surface area contributed by atoms with Crippen molar-refractivity contribution in [2.75, 3.05) is 18.8 Å². The molecule has 0 amide bonds. The quantitative estimate of drug-likeness (QED) is 0.874.